The van der Waals surface area contributed by atoms with Gasteiger partial charge >= 0.3 is 0 Å². The van der Waals surface area contributed by atoms with Crippen LogP contribution in [0.1, 0.15) is 57.6 Å². The van der Waals surface area contributed by atoms with Crippen LogP contribution in [0.3, 0.4) is 0 Å². The van der Waals surface area contributed by atoms with Gasteiger partial charge in [-0.2, -0.15) is 0 Å². The molecule has 1 aromatic heterocycles. The quantitative estimate of drug-likeness (QED) is 0.902. The van der Waals surface area contributed by atoms with Crippen LogP contribution in [0.15, 0.2) is 12.3 Å². The lowest BCUT2D eigenvalue weighted by Gasteiger charge is -2.27. The van der Waals surface area contributed by atoms with E-state index < -0.39 is 0 Å². The first kappa shape index (κ1) is 14.9. The number of nitrogen functional groups attached to an aromatic ring is 1. The van der Waals surface area contributed by atoms with E-state index in [2.05, 4.69) is 34.6 Å². The van der Waals surface area contributed by atoms with Gasteiger partial charge in [-0.05, 0) is 37.7 Å². The minimum atomic E-state index is 0.113. The molecule has 20 heavy (non-hydrogen) atoms. The number of nitrogens with zero attached hydrogens (tertiary/aromatic N) is 2. The summed E-state index contributed by atoms with van der Waals surface area (Å²) in [6.07, 6.45) is 2.95. The molecule has 0 bridgehead atoms. The van der Waals surface area contributed by atoms with Gasteiger partial charge < -0.3 is 15.2 Å². The van der Waals surface area contributed by atoms with Crippen LogP contribution in [0.2, 0.25) is 0 Å². The molecule has 2 N–H and O–H groups in total. The summed E-state index contributed by atoms with van der Waals surface area (Å²) in [4.78, 5) is 14.7. The predicted molar refractivity (Wildman–Crippen MR) is 82.7 cm³/mol. The zero-order valence-corrected chi connectivity index (χ0v) is 13.3. The molecule has 1 aromatic rings. The lowest BCUT2D eigenvalue weighted by atomic mass is 9.80. The van der Waals surface area contributed by atoms with Gasteiger partial charge in [-0.1, -0.05) is 20.8 Å². The number of likely N-dealkylation sites (tertiary alicyclic amines) is 1. The SMILES string of the molecule is CC(C)n1cc(N)cc1C(=O)N1CCC(C(C)(C)C)C1. The average molecular weight is 277 g/mol. The Kier molecular flexibility index (Phi) is 3.85. The maximum Gasteiger partial charge on any atom is 0.270 e. The van der Waals surface area contributed by atoms with Crippen LogP contribution in [-0.2, 0) is 0 Å². The van der Waals surface area contributed by atoms with E-state index in [1.165, 1.54) is 0 Å². The molecule has 1 aliphatic heterocycles. The van der Waals surface area contributed by atoms with Crippen molar-refractivity contribution in [3.63, 3.8) is 0 Å². The lowest BCUT2D eigenvalue weighted by Crippen LogP contribution is -2.32. The summed E-state index contributed by atoms with van der Waals surface area (Å²) in [5.74, 6) is 0.688. The van der Waals surface area contributed by atoms with Crippen LogP contribution in [0, 0.1) is 11.3 Å². The van der Waals surface area contributed by atoms with Gasteiger partial charge in [0.25, 0.3) is 5.91 Å². The second-order valence-corrected chi connectivity index (χ2v) is 7.26. The van der Waals surface area contributed by atoms with E-state index in [9.17, 15) is 4.79 Å². The number of carbonyl (C=O) groups is 1. The largest absolute Gasteiger partial charge is 0.397 e. The lowest BCUT2D eigenvalue weighted by molar-refractivity contribution is 0.0764. The molecule has 4 nitrogen and oxygen atoms in total. The molecule has 1 fully saturated rings. The van der Waals surface area contributed by atoms with E-state index in [4.69, 9.17) is 5.73 Å². The van der Waals surface area contributed by atoms with Crippen molar-refractivity contribution in [1.29, 1.82) is 0 Å². The molecule has 1 aliphatic rings. The number of nitrogens with two attached hydrogens (primary N) is 1. The Hall–Kier alpha value is -1.45. The molecule has 2 rings (SSSR count). The highest BCUT2D eigenvalue weighted by Gasteiger charge is 2.35. The number of anilines is 1. The molecule has 112 valence electrons. The standard InChI is InChI=1S/C16H27N3O/c1-11(2)19-10-13(17)8-14(19)15(20)18-7-6-12(9-18)16(3,4)5/h8,10-12H,6-7,9,17H2,1-5H3. The molecule has 1 atom stereocenters. The Morgan fingerprint density at radius 2 is 2.05 bits per heavy atom. The normalized spacial score (nSPS) is 19.9. The molecule has 4 heteroatoms. The fraction of sp³-hybridized carbons (Fsp3) is 0.688. The summed E-state index contributed by atoms with van der Waals surface area (Å²) in [6, 6.07) is 2.04. The molecular weight excluding hydrogens is 250 g/mol. The first-order chi connectivity index (χ1) is 9.20. The molecule has 1 saturated heterocycles. The summed E-state index contributed by atoms with van der Waals surface area (Å²) in [7, 11) is 0. The Morgan fingerprint density at radius 3 is 2.55 bits per heavy atom. The molecule has 0 spiro atoms. The first-order valence-corrected chi connectivity index (χ1v) is 7.46. The zero-order valence-electron chi connectivity index (χ0n) is 13.3. The Balaban J connectivity index is 2.17. The van der Waals surface area contributed by atoms with Crippen molar-refractivity contribution in [1.82, 2.24) is 9.47 Å². The van der Waals surface area contributed by atoms with Crippen molar-refractivity contribution in [2.24, 2.45) is 11.3 Å². The third kappa shape index (κ3) is 2.84. The fourth-order valence-electron chi connectivity index (χ4n) is 2.91. The van der Waals surface area contributed by atoms with Gasteiger partial charge in [0.1, 0.15) is 5.69 Å². The van der Waals surface area contributed by atoms with Crippen molar-refractivity contribution in [2.75, 3.05) is 18.8 Å². The summed E-state index contributed by atoms with van der Waals surface area (Å²) in [5.41, 5.74) is 7.49. The van der Waals surface area contributed by atoms with Crippen LogP contribution >= 0.6 is 0 Å². The van der Waals surface area contributed by atoms with Crippen LogP contribution < -0.4 is 5.73 Å². The number of hydrogen-bond acceptors (Lipinski definition) is 2. The van der Waals surface area contributed by atoms with Gasteiger partial charge in [0.2, 0.25) is 0 Å². The zero-order chi connectivity index (χ0) is 15.1. The van der Waals surface area contributed by atoms with Gasteiger partial charge in [0.05, 0.1) is 5.69 Å². The van der Waals surface area contributed by atoms with E-state index in [1.54, 1.807) is 6.07 Å². The number of aromatic nitrogens is 1. The second-order valence-electron chi connectivity index (χ2n) is 7.26. The van der Waals surface area contributed by atoms with E-state index in [-0.39, 0.29) is 17.4 Å². The molecule has 1 unspecified atom stereocenters. The van der Waals surface area contributed by atoms with Crippen molar-refractivity contribution in [3.8, 4) is 0 Å². The number of rotatable bonds is 2. The van der Waals surface area contributed by atoms with E-state index in [0.29, 0.717) is 17.3 Å². The fourth-order valence-corrected chi connectivity index (χ4v) is 2.91. The maximum atomic E-state index is 12.7. The van der Waals surface area contributed by atoms with Gasteiger partial charge in [0.15, 0.2) is 0 Å². The third-order valence-corrected chi connectivity index (χ3v) is 4.35. The van der Waals surface area contributed by atoms with Crippen LogP contribution in [0.25, 0.3) is 0 Å². The van der Waals surface area contributed by atoms with Crippen molar-refractivity contribution < 1.29 is 4.79 Å². The van der Waals surface area contributed by atoms with Crippen LogP contribution in [0.4, 0.5) is 5.69 Å². The van der Waals surface area contributed by atoms with Gasteiger partial charge in [-0.25, -0.2) is 0 Å². The first-order valence-electron chi connectivity index (χ1n) is 7.46. The highest BCUT2D eigenvalue weighted by atomic mass is 16.2. The minimum absolute atomic E-state index is 0.113. The molecule has 0 aromatic carbocycles. The maximum absolute atomic E-state index is 12.7. The van der Waals surface area contributed by atoms with E-state index >= 15 is 0 Å². The number of amides is 1. The molecule has 2 heterocycles. The third-order valence-electron chi connectivity index (χ3n) is 4.35. The van der Waals surface area contributed by atoms with Crippen LogP contribution in [0.5, 0.6) is 0 Å². The summed E-state index contributed by atoms with van der Waals surface area (Å²) in [5, 5.41) is 0. The number of hydrogen-bond donors (Lipinski definition) is 1. The van der Waals surface area contributed by atoms with E-state index in [1.807, 2.05) is 15.7 Å². The Bertz CT molecular complexity index is 496. The predicted octanol–water partition coefficient (Wildman–Crippen LogP) is 3.16. The van der Waals surface area contributed by atoms with Gasteiger partial charge in [-0.3, -0.25) is 4.79 Å². The van der Waals surface area contributed by atoms with Crippen molar-refractivity contribution >= 4 is 11.6 Å². The molecule has 0 saturated carbocycles. The smallest absolute Gasteiger partial charge is 0.270 e. The molecule has 0 radical (unpaired) electrons. The Morgan fingerprint density at radius 1 is 1.40 bits per heavy atom. The summed E-state index contributed by atoms with van der Waals surface area (Å²) < 4.78 is 1.97. The monoisotopic (exact) mass is 277 g/mol. The van der Waals surface area contributed by atoms with Crippen LogP contribution in [-0.4, -0.2) is 28.5 Å². The summed E-state index contributed by atoms with van der Waals surface area (Å²) in [6.45, 7) is 12.6. The van der Waals surface area contributed by atoms with Gasteiger partial charge in [0, 0.05) is 25.3 Å². The molecule has 0 aliphatic carbocycles. The average Bonchev–Trinajstić information content (AvgIpc) is 2.93. The van der Waals surface area contributed by atoms with Crippen molar-refractivity contribution in [2.45, 2.75) is 47.1 Å². The minimum Gasteiger partial charge on any atom is -0.397 e. The van der Waals surface area contributed by atoms with E-state index in [0.717, 1.165) is 19.5 Å². The van der Waals surface area contributed by atoms with Gasteiger partial charge in [-0.15, -0.1) is 0 Å². The number of carbonyl (C=O) groups excluding carboxylic acids is 1. The second kappa shape index (κ2) is 5.15. The molecular formula is C16H27N3O. The topological polar surface area (TPSA) is 51.3 Å². The highest BCUT2D eigenvalue weighted by molar-refractivity contribution is 5.94. The summed E-state index contributed by atoms with van der Waals surface area (Å²) >= 11 is 0. The van der Waals surface area contributed by atoms with Crippen molar-refractivity contribution in [3.05, 3.63) is 18.0 Å². The Labute approximate surface area is 121 Å². The highest BCUT2D eigenvalue weighted by Crippen LogP contribution is 2.34. The molecule has 1 amide bonds.